The average molecular weight is 327 g/mol. The van der Waals surface area contributed by atoms with Gasteiger partial charge >= 0.3 is 0 Å². The minimum atomic E-state index is 0.0589. The fraction of sp³-hybridized carbons (Fsp3) is 0.556. The first-order chi connectivity index (χ1) is 11.4. The number of carbonyl (C=O) groups excluding carboxylic acids is 1. The lowest BCUT2D eigenvalue weighted by Gasteiger charge is -2.28. The van der Waals surface area contributed by atoms with Crippen molar-refractivity contribution in [3.05, 3.63) is 41.7 Å². The zero-order chi connectivity index (χ0) is 17.4. The Bertz CT molecular complexity index is 724. The van der Waals surface area contributed by atoms with E-state index in [9.17, 15) is 4.79 Å². The van der Waals surface area contributed by atoms with Gasteiger partial charge in [-0.15, -0.1) is 5.10 Å². The molecule has 1 aliphatic carbocycles. The van der Waals surface area contributed by atoms with Gasteiger partial charge in [-0.3, -0.25) is 4.79 Å². The van der Waals surface area contributed by atoms with Crippen molar-refractivity contribution in [3.8, 4) is 0 Å². The van der Waals surface area contributed by atoms with E-state index in [1.54, 1.807) is 4.68 Å². The van der Waals surface area contributed by atoms with Gasteiger partial charge in [0.2, 0.25) is 5.91 Å². The standard InChI is InChI=1S/C18H25N5O/c1-14-19-20-21-23(14)11-10-16(24)22(4)13-18(12-17(18,2)3)15-8-6-5-7-9-15/h5-9H,10-13H2,1-4H3/t18-/m1/s1. The van der Waals surface area contributed by atoms with Gasteiger partial charge in [-0.25, -0.2) is 4.68 Å². The fourth-order valence-corrected chi connectivity index (χ4v) is 3.66. The van der Waals surface area contributed by atoms with E-state index in [2.05, 4.69) is 53.6 Å². The van der Waals surface area contributed by atoms with Gasteiger partial charge < -0.3 is 4.90 Å². The smallest absolute Gasteiger partial charge is 0.224 e. The summed E-state index contributed by atoms with van der Waals surface area (Å²) in [6.45, 7) is 7.66. The molecule has 1 aromatic heterocycles. The van der Waals surface area contributed by atoms with Gasteiger partial charge in [-0.05, 0) is 34.7 Å². The van der Waals surface area contributed by atoms with Crippen LogP contribution in [0.5, 0.6) is 0 Å². The maximum absolute atomic E-state index is 12.5. The van der Waals surface area contributed by atoms with Gasteiger partial charge in [-0.1, -0.05) is 44.2 Å². The number of likely N-dealkylation sites (N-methyl/N-ethyl adjacent to an activating group) is 1. The van der Waals surface area contributed by atoms with Crippen molar-refractivity contribution in [2.45, 2.75) is 45.6 Å². The monoisotopic (exact) mass is 327 g/mol. The van der Waals surface area contributed by atoms with Crippen LogP contribution in [0.1, 0.15) is 38.1 Å². The molecule has 128 valence electrons. The fourth-order valence-electron chi connectivity index (χ4n) is 3.66. The first-order valence-corrected chi connectivity index (χ1v) is 8.38. The molecule has 0 N–H and O–H groups in total. The maximum Gasteiger partial charge on any atom is 0.224 e. The molecule has 0 bridgehead atoms. The summed E-state index contributed by atoms with van der Waals surface area (Å²) in [5.41, 5.74) is 1.60. The van der Waals surface area contributed by atoms with Gasteiger partial charge in [0, 0.05) is 25.4 Å². The molecule has 1 amide bonds. The van der Waals surface area contributed by atoms with E-state index in [-0.39, 0.29) is 16.7 Å². The molecule has 1 aliphatic rings. The van der Waals surface area contributed by atoms with E-state index in [0.29, 0.717) is 13.0 Å². The highest BCUT2D eigenvalue weighted by molar-refractivity contribution is 5.76. The van der Waals surface area contributed by atoms with Crippen molar-refractivity contribution in [1.82, 2.24) is 25.1 Å². The second-order valence-corrected chi connectivity index (χ2v) is 7.46. The summed E-state index contributed by atoms with van der Waals surface area (Å²) < 4.78 is 1.67. The second-order valence-electron chi connectivity index (χ2n) is 7.46. The number of amides is 1. The van der Waals surface area contributed by atoms with E-state index in [1.165, 1.54) is 5.56 Å². The van der Waals surface area contributed by atoms with Crippen LogP contribution in [0.4, 0.5) is 0 Å². The summed E-state index contributed by atoms with van der Waals surface area (Å²) in [4.78, 5) is 14.4. The van der Waals surface area contributed by atoms with Crippen LogP contribution in [0.2, 0.25) is 0 Å². The van der Waals surface area contributed by atoms with Crippen LogP contribution in [-0.4, -0.2) is 44.6 Å². The molecule has 1 aromatic carbocycles. The molecule has 1 fully saturated rings. The SMILES string of the molecule is Cc1nnnn1CCC(=O)N(C)C[C@@]1(c2ccccc2)CC1(C)C. The highest BCUT2D eigenvalue weighted by atomic mass is 16.2. The molecule has 0 unspecified atom stereocenters. The number of aromatic nitrogens is 4. The number of nitrogens with zero attached hydrogens (tertiary/aromatic N) is 5. The van der Waals surface area contributed by atoms with Gasteiger partial charge in [-0.2, -0.15) is 0 Å². The summed E-state index contributed by atoms with van der Waals surface area (Å²) in [5, 5.41) is 11.3. The zero-order valence-electron chi connectivity index (χ0n) is 14.9. The molecule has 0 saturated heterocycles. The summed E-state index contributed by atoms with van der Waals surface area (Å²) in [6.07, 6.45) is 1.52. The van der Waals surface area contributed by atoms with Crippen LogP contribution >= 0.6 is 0 Å². The van der Waals surface area contributed by atoms with Gasteiger partial charge in [0.1, 0.15) is 5.82 Å². The number of aryl methyl sites for hydroxylation is 2. The van der Waals surface area contributed by atoms with Gasteiger partial charge in [0.15, 0.2) is 0 Å². The molecule has 1 atom stereocenters. The third kappa shape index (κ3) is 2.92. The van der Waals surface area contributed by atoms with Crippen molar-refractivity contribution in [2.75, 3.05) is 13.6 Å². The molecule has 0 radical (unpaired) electrons. The Morgan fingerprint density at radius 1 is 1.29 bits per heavy atom. The van der Waals surface area contributed by atoms with Gasteiger partial charge in [0.05, 0.1) is 6.54 Å². The molecule has 0 aliphatic heterocycles. The lowest BCUT2D eigenvalue weighted by Crippen LogP contribution is -2.37. The minimum absolute atomic E-state index is 0.0589. The van der Waals surface area contributed by atoms with Crippen LogP contribution in [0.15, 0.2) is 30.3 Å². The number of hydrogen-bond acceptors (Lipinski definition) is 4. The molecule has 2 aromatic rings. The Kier molecular flexibility index (Phi) is 4.15. The molecule has 1 saturated carbocycles. The van der Waals surface area contributed by atoms with Crippen LogP contribution in [0.25, 0.3) is 0 Å². The summed E-state index contributed by atoms with van der Waals surface area (Å²) in [6, 6.07) is 10.5. The Balaban J connectivity index is 1.66. The lowest BCUT2D eigenvalue weighted by atomic mass is 9.87. The predicted molar refractivity (Wildman–Crippen MR) is 91.3 cm³/mol. The molecular formula is C18H25N5O. The second kappa shape index (κ2) is 6.00. The molecule has 0 spiro atoms. The van der Waals surface area contributed by atoms with E-state index in [1.807, 2.05) is 24.9 Å². The average Bonchev–Trinajstić information content (AvgIpc) is 2.89. The van der Waals surface area contributed by atoms with Crippen LogP contribution in [-0.2, 0) is 16.8 Å². The van der Waals surface area contributed by atoms with Crippen molar-refractivity contribution in [2.24, 2.45) is 5.41 Å². The van der Waals surface area contributed by atoms with Crippen molar-refractivity contribution in [3.63, 3.8) is 0 Å². The Hall–Kier alpha value is -2.24. The molecule has 6 heteroatoms. The molecule has 1 heterocycles. The molecular weight excluding hydrogens is 302 g/mol. The van der Waals surface area contributed by atoms with Crippen molar-refractivity contribution in [1.29, 1.82) is 0 Å². The lowest BCUT2D eigenvalue weighted by molar-refractivity contribution is -0.130. The number of rotatable bonds is 6. The summed E-state index contributed by atoms with van der Waals surface area (Å²) in [5.74, 6) is 0.859. The maximum atomic E-state index is 12.5. The van der Waals surface area contributed by atoms with Crippen molar-refractivity contribution >= 4 is 5.91 Å². The number of carbonyl (C=O) groups is 1. The van der Waals surface area contributed by atoms with Crippen molar-refractivity contribution < 1.29 is 4.79 Å². The Morgan fingerprint density at radius 3 is 2.50 bits per heavy atom. The summed E-state index contributed by atoms with van der Waals surface area (Å²) in [7, 11) is 1.90. The number of benzene rings is 1. The van der Waals surface area contributed by atoms with Gasteiger partial charge in [0.25, 0.3) is 0 Å². The highest BCUT2D eigenvalue weighted by Gasteiger charge is 2.62. The minimum Gasteiger partial charge on any atom is -0.345 e. The zero-order valence-corrected chi connectivity index (χ0v) is 14.9. The molecule has 3 rings (SSSR count). The normalized spacial score (nSPS) is 21.5. The first-order valence-electron chi connectivity index (χ1n) is 8.38. The van der Waals surface area contributed by atoms with Crippen LogP contribution in [0.3, 0.4) is 0 Å². The van der Waals surface area contributed by atoms with E-state index in [0.717, 1.165) is 18.8 Å². The third-order valence-electron chi connectivity index (χ3n) is 5.42. The predicted octanol–water partition coefficient (Wildman–Crippen LogP) is 2.20. The Labute approximate surface area is 142 Å². The molecule has 24 heavy (non-hydrogen) atoms. The van der Waals surface area contributed by atoms with Crippen LogP contribution < -0.4 is 0 Å². The van der Waals surface area contributed by atoms with Crippen LogP contribution in [0, 0.1) is 12.3 Å². The number of hydrogen-bond donors (Lipinski definition) is 0. The summed E-state index contributed by atoms with van der Waals surface area (Å²) >= 11 is 0. The molecule has 6 nitrogen and oxygen atoms in total. The van der Waals surface area contributed by atoms with E-state index < -0.39 is 0 Å². The Morgan fingerprint density at radius 2 is 1.96 bits per heavy atom. The van der Waals surface area contributed by atoms with E-state index >= 15 is 0 Å². The third-order valence-corrected chi connectivity index (χ3v) is 5.42. The largest absolute Gasteiger partial charge is 0.345 e. The first kappa shape index (κ1) is 16.6. The van der Waals surface area contributed by atoms with E-state index in [4.69, 9.17) is 0 Å². The quantitative estimate of drug-likeness (QED) is 0.816. The highest BCUT2D eigenvalue weighted by Crippen LogP contribution is 2.64. The topological polar surface area (TPSA) is 63.9 Å². The number of tetrazole rings is 1.